The van der Waals surface area contributed by atoms with Gasteiger partial charge in [0, 0.05) is 38.6 Å². The van der Waals surface area contributed by atoms with Crippen LogP contribution < -0.4 is 0 Å². The zero-order valence-corrected chi connectivity index (χ0v) is 13.2. The van der Waals surface area contributed by atoms with Gasteiger partial charge in [0.05, 0.1) is 6.61 Å². The molecule has 22 heavy (non-hydrogen) atoms. The van der Waals surface area contributed by atoms with E-state index >= 15 is 0 Å². The first-order valence-corrected chi connectivity index (χ1v) is 7.96. The second-order valence-corrected chi connectivity index (χ2v) is 5.96. The van der Waals surface area contributed by atoms with Gasteiger partial charge < -0.3 is 10.0 Å². The summed E-state index contributed by atoms with van der Waals surface area (Å²) in [4.78, 5) is 16.5. The Balaban J connectivity index is 1.77. The molecule has 1 saturated heterocycles. The number of hydrogen-bond donors (Lipinski definition) is 1. The van der Waals surface area contributed by atoms with Crippen LogP contribution in [0.1, 0.15) is 18.9 Å². The molecule has 5 heteroatoms. The summed E-state index contributed by atoms with van der Waals surface area (Å²) < 4.78 is 13.1. The molecule has 1 heterocycles. The molecule has 1 aromatic rings. The highest BCUT2D eigenvalue weighted by molar-refractivity contribution is 5.78. The van der Waals surface area contributed by atoms with Crippen molar-refractivity contribution in [3.05, 3.63) is 35.6 Å². The number of aliphatic hydroxyl groups is 1. The molecule has 0 bridgehead atoms. The number of aryl methyl sites for hydroxylation is 1. The smallest absolute Gasteiger partial charge is 0.225 e. The van der Waals surface area contributed by atoms with E-state index in [9.17, 15) is 9.18 Å². The fraction of sp³-hybridized carbons (Fsp3) is 0.588. The average molecular weight is 308 g/mol. The number of carbonyl (C=O) groups excluding carboxylic acids is 1. The lowest BCUT2D eigenvalue weighted by atomic mass is 9.99. The number of benzene rings is 1. The normalized spacial score (nSPS) is 17.5. The predicted molar refractivity (Wildman–Crippen MR) is 84.0 cm³/mol. The molecule has 0 aromatic heterocycles. The lowest BCUT2D eigenvalue weighted by Crippen LogP contribution is -2.50. The van der Waals surface area contributed by atoms with Crippen molar-refractivity contribution in [2.45, 2.75) is 19.8 Å². The number of halogens is 1. The highest BCUT2D eigenvalue weighted by Gasteiger charge is 2.24. The maximum atomic E-state index is 13.1. The third-order valence-electron chi connectivity index (χ3n) is 4.28. The van der Waals surface area contributed by atoms with Crippen LogP contribution in [-0.4, -0.2) is 60.1 Å². The van der Waals surface area contributed by atoms with Crippen LogP contribution in [0.4, 0.5) is 4.39 Å². The average Bonchev–Trinajstić information content (AvgIpc) is 2.53. The molecule has 0 aliphatic carbocycles. The molecule has 0 radical (unpaired) electrons. The fourth-order valence-electron chi connectivity index (χ4n) is 2.84. The first kappa shape index (κ1) is 16.9. The van der Waals surface area contributed by atoms with Gasteiger partial charge in [0.1, 0.15) is 5.82 Å². The van der Waals surface area contributed by atoms with Gasteiger partial charge in [-0.1, -0.05) is 19.1 Å². The van der Waals surface area contributed by atoms with Crippen LogP contribution in [0.3, 0.4) is 0 Å². The lowest BCUT2D eigenvalue weighted by molar-refractivity contribution is -0.137. The second kappa shape index (κ2) is 8.25. The van der Waals surface area contributed by atoms with E-state index in [0.29, 0.717) is 6.54 Å². The maximum absolute atomic E-state index is 13.1. The molecule has 1 aliphatic rings. The van der Waals surface area contributed by atoms with Crippen LogP contribution in [0.15, 0.2) is 24.3 Å². The van der Waals surface area contributed by atoms with Gasteiger partial charge in [0.25, 0.3) is 0 Å². The van der Waals surface area contributed by atoms with Crippen LogP contribution in [0.2, 0.25) is 0 Å². The van der Waals surface area contributed by atoms with Gasteiger partial charge in [0.15, 0.2) is 0 Å². The van der Waals surface area contributed by atoms with Gasteiger partial charge in [0.2, 0.25) is 5.91 Å². The van der Waals surface area contributed by atoms with Gasteiger partial charge in [-0.2, -0.15) is 0 Å². The van der Waals surface area contributed by atoms with Crippen molar-refractivity contribution >= 4 is 5.91 Å². The molecule has 1 unspecified atom stereocenters. The molecule has 1 amide bonds. The molecule has 1 fully saturated rings. The summed E-state index contributed by atoms with van der Waals surface area (Å²) >= 11 is 0. The Kier molecular flexibility index (Phi) is 6.34. The lowest BCUT2D eigenvalue weighted by Gasteiger charge is -2.35. The Morgan fingerprint density at radius 3 is 2.68 bits per heavy atom. The predicted octanol–water partition coefficient (Wildman–Crippen LogP) is 1.53. The van der Waals surface area contributed by atoms with E-state index < -0.39 is 0 Å². The van der Waals surface area contributed by atoms with Crippen molar-refractivity contribution in [2.75, 3.05) is 39.3 Å². The standard InChI is InChI=1S/C17H25FN2O2/c1-14(5-6-15-3-2-4-16(18)13-15)17(22)20-9-7-19(8-10-20)11-12-21/h2-4,13-14,21H,5-12H2,1H3. The minimum atomic E-state index is -0.225. The SMILES string of the molecule is CC(CCc1cccc(F)c1)C(=O)N1CCN(CCO)CC1. The number of aliphatic hydroxyl groups excluding tert-OH is 1. The zero-order valence-electron chi connectivity index (χ0n) is 13.2. The summed E-state index contributed by atoms with van der Waals surface area (Å²) in [5, 5.41) is 8.93. The molecule has 1 aliphatic heterocycles. The number of piperazine rings is 1. The number of β-amino-alcohol motifs (C(OH)–C–C–N with tert-alkyl or cyclic N) is 1. The number of amides is 1. The van der Waals surface area contributed by atoms with Crippen LogP contribution in [0.25, 0.3) is 0 Å². The minimum Gasteiger partial charge on any atom is -0.395 e. The third kappa shape index (κ3) is 4.78. The summed E-state index contributed by atoms with van der Waals surface area (Å²) in [5.41, 5.74) is 0.937. The van der Waals surface area contributed by atoms with Crippen LogP contribution in [-0.2, 0) is 11.2 Å². The van der Waals surface area contributed by atoms with Crippen LogP contribution >= 0.6 is 0 Å². The molecule has 0 saturated carbocycles. The molecule has 2 rings (SSSR count). The Morgan fingerprint density at radius 2 is 2.05 bits per heavy atom. The van der Waals surface area contributed by atoms with E-state index in [4.69, 9.17) is 5.11 Å². The summed E-state index contributed by atoms with van der Waals surface area (Å²) in [6, 6.07) is 6.57. The third-order valence-corrected chi connectivity index (χ3v) is 4.28. The molecule has 1 atom stereocenters. The molecule has 0 spiro atoms. The van der Waals surface area contributed by atoms with Crippen molar-refractivity contribution in [1.82, 2.24) is 9.80 Å². The topological polar surface area (TPSA) is 43.8 Å². The molecule has 4 nitrogen and oxygen atoms in total. The van der Waals surface area contributed by atoms with E-state index in [-0.39, 0.29) is 24.2 Å². The molecule has 1 aromatic carbocycles. The Hall–Kier alpha value is -1.46. The Bertz CT molecular complexity index is 487. The van der Waals surface area contributed by atoms with E-state index in [1.165, 1.54) is 12.1 Å². The second-order valence-electron chi connectivity index (χ2n) is 5.96. The molecule has 1 N–H and O–H groups in total. The number of rotatable bonds is 6. The largest absolute Gasteiger partial charge is 0.395 e. The van der Waals surface area contributed by atoms with Crippen molar-refractivity contribution < 1.29 is 14.3 Å². The van der Waals surface area contributed by atoms with Crippen molar-refractivity contribution in [3.63, 3.8) is 0 Å². The highest BCUT2D eigenvalue weighted by atomic mass is 19.1. The van der Waals surface area contributed by atoms with E-state index in [1.807, 2.05) is 17.9 Å². The molecule has 122 valence electrons. The zero-order chi connectivity index (χ0) is 15.9. The first-order valence-electron chi connectivity index (χ1n) is 7.96. The number of carbonyl (C=O) groups is 1. The van der Waals surface area contributed by atoms with E-state index in [1.54, 1.807) is 6.07 Å². The van der Waals surface area contributed by atoms with Crippen molar-refractivity contribution in [3.8, 4) is 0 Å². The van der Waals surface area contributed by atoms with Gasteiger partial charge >= 0.3 is 0 Å². The maximum Gasteiger partial charge on any atom is 0.225 e. The summed E-state index contributed by atoms with van der Waals surface area (Å²) in [6.45, 7) is 5.88. The van der Waals surface area contributed by atoms with Gasteiger partial charge in [-0.15, -0.1) is 0 Å². The van der Waals surface area contributed by atoms with Gasteiger partial charge in [-0.05, 0) is 30.5 Å². The van der Waals surface area contributed by atoms with Crippen LogP contribution in [0.5, 0.6) is 0 Å². The van der Waals surface area contributed by atoms with Gasteiger partial charge in [-0.3, -0.25) is 9.69 Å². The quantitative estimate of drug-likeness (QED) is 0.867. The van der Waals surface area contributed by atoms with E-state index in [0.717, 1.165) is 44.6 Å². The Morgan fingerprint density at radius 1 is 1.32 bits per heavy atom. The fourth-order valence-corrected chi connectivity index (χ4v) is 2.84. The van der Waals surface area contributed by atoms with E-state index in [2.05, 4.69) is 4.90 Å². The summed E-state index contributed by atoms with van der Waals surface area (Å²) in [7, 11) is 0. The van der Waals surface area contributed by atoms with Crippen molar-refractivity contribution in [2.24, 2.45) is 5.92 Å². The first-order chi connectivity index (χ1) is 10.6. The number of hydrogen-bond acceptors (Lipinski definition) is 3. The molecular weight excluding hydrogens is 283 g/mol. The Labute approximate surface area is 131 Å². The van der Waals surface area contributed by atoms with Crippen molar-refractivity contribution in [1.29, 1.82) is 0 Å². The van der Waals surface area contributed by atoms with Crippen LogP contribution in [0, 0.1) is 11.7 Å². The van der Waals surface area contributed by atoms with Gasteiger partial charge in [-0.25, -0.2) is 4.39 Å². The number of nitrogens with zero attached hydrogens (tertiary/aromatic N) is 2. The molecular formula is C17H25FN2O2. The highest BCUT2D eigenvalue weighted by Crippen LogP contribution is 2.14. The minimum absolute atomic E-state index is 0.0485. The summed E-state index contributed by atoms with van der Waals surface area (Å²) in [5.74, 6) is -0.0933. The monoisotopic (exact) mass is 308 g/mol. The summed E-state index contributed by atoms with van der Waals surface area (Å²) in [6.07, 6.45) is 1.45.